The van der Waals surface area contributed by atoms with Crippen LogP contribution in [-0.4, -0.2) is 20.6 Å². The minimum Gasteiger partial charge on any atom is -0.324 e. The summed E-state index contributed by atoms with van der Waals surface area (Å²) in [6.45, 7) is 0. The molecule has 0 fully saturated rings. The van der Waals surface area contributed by atoms with Crippen LogP contribution < -0.4 is 11.3 Å². The summed E-state index contributed by atoms with van der Waals surface area (Å²) in [5.41, 5.74) is 4.25. The molecule has 2 aromatic rings. The summed E-state index contributed by atoms with van der Waals surface area (Å²) < 4.78 is 0. The Kier molecular flexibility index (Phi) is 3.38. The van der Waals surface area contributed by atoms with Crippen LogP contribution in [0.1, 0.15) is 0 Å². The van der Waals surface area contributed by atoms with E-state index in [0.717, 1.165) is 11.3 Å². The molecule has 1 aromatic carbocycles. The van der Waals surface area contributed by atoms with Crippen molar-refractivity contribution in [3.63, 3.8) is 0 Å². The van der Waals surface area contributed by atoms with E-state index < -0.39 is 0 Å². The van der Waals surface area contributed by atoms with Crippen LogP contribution >= 0.6 is 12.4 Å². The lowest BCUT2D eigenvalue weighted by Gasteiger charge is -2.00. The molecule has 0 unspecified atom stereocenters. The van der Waals surface area contributed by atoms with E-state index in [-0.39, 0.29) is 12.4 Å². The maximum Gasteiger partial charge on any atom is 0.179 e. The molecule has 1 heterocycles. The van der Waals surface area contributed by atoms with E-state index in [1.807, 2.05) is 24.3 Å². The number of halogens is 1. The summed E-state index contributed by atoms with van der Waals surface area (Å²) in [6, 6.07) is 7.46. The molecule has 7 heteroatoms. The maximum atomic E-state index is 5.26. The van der Waals surface area contributed by atoms with E-state index in [1.165, 1.54) is 0 Å². The lowest BCUT2D eigenvalue weighted by molar-refractivity contribution is 0.881. The number of hydrogen-bond donors (Lipinski definition) is 3. The second kappa shape index (κ2) is 4.54. The van der Waals surface area contributed by atoms with Crippen molar-refractivity contribution in [1.82, 2.24) is 20.6 Å². The number of hydrazine groups is 1. The van der Waals surface area contributed by atoms with Gasteiger partial charge in [0, 0.05) is 11.3 Å². The molecule has 0 aliphatic heterocycles. The highest BCUT2D eigenvalue weighted by Crippen LogP contribution is 2.16. The summed E-state index contributed by atoms with van der Waals surface area (Å²) in [5, 5.41) is 13.4. The minimum absolute atomic E-state index is 0. The zero-order chi connectivity index (χ0) is 9.10. The van der Waals surface area contributed by atoms with Crippen molar-refractivity contribution in [3.8, 4) is 11.4 Å². The number of rotatable bonds is 2. The predicted molar refractivity (Wildman–Crippen MR) is 54.7 cm³/mol. The average Bonchev–Trinajstić information content (AvgIpc) is 2.71. The molecule has 0 saturated carbocycles. The van der Waals surface area contributed by atoms with Crippen LogP contribution in [0.4, 0.5) is 5.69 Å². The van der Waals surface area contributed by atoms with Crippen LogP contribution in [0, 0.1) is 0 Å². The third-order valence-corrected chi connectivity index (χ3v) is 1.65. The van der Waals surface area contributed by atoms with Crippen molar-refractivity contribution < 1.29 is 0 Å². The third-order valence-electron chi connectivity index (χ3n) is 1.65. The number of benzene rings is 1. The second-order valence-corrected chi connectivity index (χ2v) is 2.47. The molecule has 0 amide bonds. The van der Waals surface area contributed by atoms with Crippen LogP contribution in [0.2, 0.25) is 0 Å². The molecule has 0 radical (unpaired) electrons. The van der Waals surface area contributed by atoms with Gasteiger partial charge < -0.3 is 5.43 Å². The van der Waals surface area contributed by atoms with Crippen LogP contribution in [0.25, 0.3) is 11.4 Å². The molecule has 1 aromatic heterocycles. The first-order chi connectivity index (χ1) is 6.40. The number of anilines is 1. The van der Waals surface area contributed by atoms with Gasteiger partial charge in [0.1, 0.15) is 0 Å². The Morgan fingerprint density at radius 1 is 1.36 bits per heavy atom. The van der Waals surface area contributed by atoms with Gasteiger partial charge in [-0.3, -0.25) is 5.84 Å². The fraction of sp³-hybridized carbons (Fsp3) is 0. The third kappa shape index (κ3) is 1.98. The lowest BCUT2D eigenvalue weighted by Crippen LogP contribution is -2.06. The van der Waals surface area contributed by atoms with Gasteiger partial charge >= 0.3 is 0 Å². The van der Waals surface area contributed by atoms with Gasteiger partial charge in [-0.1, -0.05) is 12.1 Å². The fourth-order valence-electron chi connectivity index (χ4n) is 1.04. The number of H-pyrrole nitrogens is 1. The van der Waals surface area contributed by atoms with E-state index in [1.54, 1.807) is 0 Å². The van der Waals surface area contributed by atoms with Crippen LogP contribution in [0.3, 0.4) is 0 Å². The smallest absolute Gasteiger partial charge is 0.179 e. The van der Waals surface area contributed by atoms with Crippen molar-refractivity contribution in [2.45, 2.75) is 0 Å². The molecule has 0 bridgehead atoms. The highest BCUT2D eigenvalue weighted by molar-refractivity contribution is 5.85. The summed E-state index contributed by atoms with van der Waals surface area (Å²) in [4.78, 5) is 0. The van der Waals surface area contributed by atoms with Gasteiger partial charge in [-0.15, -0.1) is 17.5 Å². The second-order valence-electron chi connectivity index (χ2n) is 2.47. The van der Waals surface area contributed by atoms with Crippen molar-refractivity contribution in [2.75, 3.05) is 5.43 Å². The van der Waals surface area contributed by atoms with E-state index in [0.29, 0.717) is 5.82 Å². The zero-order valence-electron chi connectivity index (χ0n) is 7.14. The maximum absolute atomic E-state index is 5.26. The molecule has 0 spiro atoms. The van der Waals surface area contributed by atoms with Crippen molar-refractivity contribution in [3.05, 3.63) is 24.3 Å². The quantitative estimate of drug-likeness (QED) is 0.500. The minimum atomic E-state index is 0. The lowest BCUT2D eigenvalue weighted by atomic mass is 10.2. The van der Waals surface area contributed by atoms with Gasteiger partial charge in [-0.25, -0.2) is 5.10 Å². The normalized spacial score (nSPS) is 9.21. The molecule has 0 aliphatic rings. The highest BCUT2D eigenvalue weighted by Gasteiger charge is 2.00. The molecule has 14 heavy (non-hydrogen) atoms. The van der Waals surface area contributed by atoms with Crippen LogP contribution in [0.5, 0.6) is 0 Å². The van der Waals surface area contributed by atoms with Gasteiger partial charge in [0.15, 0.2) is 5.82 Å². The Hall–Kier alpha value is -1.66. The number of hydrogen-bond acceptors (Lipinski definition) is 5. The predicted octanol–water partition coefficient (Wildman–Crippen LogP) is 0.574. The van der Waals surface area contributed by atoms with E-state index in [2.05, 4.69) is 26.0 Å². The van der Waals surface area contributed by atoms with Crippen LogP contribution in [0.15, 0.2) is 24.3 Å². The SMILES string of the molecule is Cl.NNc1cccc(-c2nnn[nH]2)c1. The fourth-order valence-corrected chi connectivity index (χ4v) is 1.04. The first kappa shape index (κ1) is 10.4. The number of nitrogens with one attached hydrogen (secondary N) is 2. The molecule has 0 saturated heterocycles. The molecule has 74 valence electrons. The van der Waals surface area contributed by atoms with Gasteiger partial charge in [0.25, 0.3) is 0 Å². The van der Waals surface area contributed by atoms with Crippen molar-refractivity contribution in [2.24, 2.45) is 5.84 Å². The Morgan fingerprint density at radius 2 is 2.21 bits per heavy atom. The molecule has 4 N–H and O–H groups in total. The number of nitrogen functional groups attached to an aromatic ring is 1. The zero-order valence-corrected chi connectivity index (χ0v) is 7.95. The van der Waals surface area contributed by atoms with E-state index in [9.17, 15) is 0 Å². The average molecular weight is 213 g/mol. The van der Waals surface area contributed by atoms with Crippen molar-refractivity contribution >= 4 is 18.1 Å². The van der Waals surface area contributed by atoms with E-state index in [4.69, 9.17) is 5.84 Å². The number of aromatic amines is 1. The number of nitrogens with two attached hydrogens (primary N) is 1. The summed E-state index contributed by atoms with van der Waals surface area (Å²) in [7, 11) is 0. The van der Waals surface area contributed by atoms with Crippen LogP contribution in [-0.2, 0) is 0 Å². The largest absolute Gasteiger partial charge is 0.324 e. The monoisotopic (exact) mass is 212 g/mol. The molecule has 0 atom stereocenters. The highest BCUT2D eigenvalue weighted by atomic mass is 35.5. The summed E-state index contributed by atoms with van der Waals surface area (Å²) >= 11 is 0. The molecular formula is C7H9ClN6. The molecule has 0 aliphatic carbocycles. The Bertz CT molecular complexity index is 387. The topological polar surface area (TPSA) is 92.5 Å². The first-order valence-electron chi connectivity index (χ1n) is 3.71. The first-order valence-corrected chi connectivity index (χ1v) is 3.71. The number of tetrazole rings is 1. The van der Waals surface area contributed by atoms with Gasteiger partial charge in [-0.2, -0.15) is 0 Å². The molecular weight excluding hydrogens is 204 g/mol. The molecule has 6 nitrogen and oxygen atoms in total. The van der Waals surface area contributed by atoms with Gasteiger partial charge in [0.2, 0.25) is 0 Å². The van der Waals surface area contributed by atoms with Gasteiger partial charge in [-0.05, 0) is 22.6 Å². The van der Waals surface area contributed by atoms with Crippen molar-refractivity contribution in [1.29, 1.82) is 0 Å². The Balaban J connectivity index is 0.000000980. The standard InChI is InChI=1S/C7H8N6.ClH/c8-9-6-3-1-2-5(4-6)7-10-12-13-11-7;/h1-4,9H,8H2,(H,10,11,12,13);1H. The van der Waals surface area contributed by atoms with Gasteiger partial charge in [0.05, 0.1) is 0 Å². The Labute approximate surface area is 86.3 Å². The Morgan fingerprint density at radius 3 is 2.86 bits per heavy atom. The number of aromatic nitrogens is 4. The number of nitrogens with zero attached hydrogens (tertiary/aromatic N) is 3. The molecule has 2 rings (SSSR count). The summed E-state index contributed by atoms with van der Waals surface area (Å²) in [6.07, 6.45) is 0. The summed E-state index contributed by atoms with van der Waals surface area (Å²) in [5.74, 6) is 5.88. The van der Waals surface area contributed by atoms with E-state index >= 15 is 0 Å².